The summed E-state index contributed by atoms with van der Waals surface area (Å²) < 4.78 is 27.0. The average Bonchev–Trinajstić information content (AvgIpc) is 2.50. The molecule has 1 aromatic rings. The third kappa shape index (κ3) is 4.10. The van der Waals surface area contributed by atoms with Gasteiger partial charge in [-0.15, -0.1) is 0 Å². The molecule has 0 aliphatic carbocycles. The first kappa shape index (κ1) is 17.9. The monoisotopic (exact) mass is 339 g/mol. The Kier molecular flexibility index (Phi) is 5.44. The average molecular weight is 339 g/mol. The predicted molar refractivity (Wildman–Crippen MR) is 91.4 cm³/mol. The number of hydrogen-bond acceptors (Lipinski definition) is 3. The SMILES string of the molecule is Cc1ccc(NC(=O)C2CCCN(S(=O)(=O)N(C)C)C2)c(C)c1. The Bertz CT molecular complexity index is 686. The van der Waals surface area contributed by atoms with E-state index in [2.05, 4.69) is 5.32 Å². The maximum atomic E-state index is 12.5. The lowest BCUT2D eigenvalue weighted by Gasteiger charge is -2.32. The zero-order chi connectivity index (χ0) is 17.2. The molecule has 1 saturated heterocycles. The summed E-state index contributed by atoms with van der Waals surface area (Å²) in [4.78, 5) is 12.5. The molecular weight excluding hydrogens is 314 g/mol. The summed E-state index contributed by atoms with van der Waals surface area (Å²) in [6.07, 6.45) is 1.40. The van der Waals surface area contributed by atoms with E-state index in [0.29, 0.717) is 19.4 Å². The maximum absolute atomic E-state index is 12.5. The number of aryl methyl sites for hydroxylation is 2. The van der Waals surface area contributed by atoms with Crippen molar-refractivity contribution in [2.45, 2.75) is 26.7 Å². The normalized spacial score (nSPS) is 19.8. The van der Waals surface area contributed by atoms with Gasteiger partial charge in [0.1, 0.15) is 0 Å². The smallest absolute Gasteiger partial charge is 0.281 e. The van der Waals surface area contributed by atoms with Crippen LogP contribution in [0.25, 0.3) is 0 Å². The predicted octanol–water partition coefficient (Wildman–Crippen LogP) is 1.76. The highest BCUT2D eigenvalue weighted by Crippen LogP contribution is 2.23. The van der Waals surface area contributed by atoms with Gasteiger partial charge in [-0.25, -0.2) is 0 Å². The first-order valence-electron chi connectivity index (χ1n) is 7.77. The van der Waals surface area contributed by atoms with Crippen molar-refractivity contribution in [3.05, 3.63) is 29.3 Å². The molecule has 2 rings (SSSR count). The van der Waals surface area contributed by atoms with Gasteiger partial charge in [0, 0.05) is 32.9 Å². The number of anilines is 1. The highest BCUT2D eigenvalue weighted by Gasteiger charge is 2.33. The molecule has 23 heavy (non-hydrogen) atoms. The molecule has 1 fully saturated rings. The number of rotatable bonds is 4. The van der Waals surface area contributed by atoms with Crippen LogP contribution in [0.3, 0.4) is 0 Å². The molecule has 0 radical (unpaired) electrons. The van der Waals surface area contributed by atoms with E-state index in [-0.39, 0.29) is 18.4 Å². The molecule has 0 spiro atoms. The summed E-state index contributed by atoms with van der Waals surface area (Å²) in [5, 5.41) is 2.93. The van der Waals surface area contributed by atoms with Crippen molar-refractivity contribution in [2.24, 2.45) is 5.92 Å². The van der Waals surface area contributed by atoms with Gasteiger partial charge in [0.15, 0.2) is 0 Å². The van der Waals surface area contributed by atoms with E-state index in [1.807, 2.05) is 32.0 Å². The number of benzene rings is 1. The number of amides is 1. The van der Waals surface area contributed by atoms with Crippen LogP contribution < -0.4 is 5.32 Å². The van der Waals surface area contributed by atoms with Crippen LogP contribution in [0.15, 0.2) is 18.2 Å². The van der Waals surface area contributed by atoms with Gasteiger partial charge in [0.2, 0.25) is 5.91 Å². The van der Waals surface area contributed by atoms with Crippen LogP contribution in [0.2, 0.25) is 0 Å². The first-order valence-corrected chi connectivity index (χ1v) is 9.17. The quantitative estimate of drug-likeness (QED) is 0.909. The highest BCUT2D eigenvalue weighted by molar-refractivity contribution is 7.86. The minimum atomic E-state index is -3.47. The van der Waals surface area contributed by atoms with Gasteiger partial charge in [-0.2, -0.15) is 17.0 Å². The molecule has 0 aromatic heterocycles. The molecule has 0 saturated carbocycles. The second-order valence-electron chi connectivity index (χ2n) is 6.29. The number of nitrogens with one attached hydrogen (secondary N) is 1. The number of hydrogen-bond donors (Lipinski definition) is 1. The summed E-state index contributed by atoms with van der Waals surface area (Å²) >= 11 is 0. The molecule has 1 amide bonds. The Morgan fingerprint density at radius 3 is 2.61 bits per heavy atom. The van der Waals surface area contributed by atoms with Crippen LogP contribution in [0, 0.1) is 19.8 Å². The van der Waals surface area contributed by atoms with Crippen molar-refractivity contribution < 1.29 is 13.2 Å². The van der Waals surface area contributed by atoms with Crippen molar-refractivity contribution in [1.82, 2.24) is 8.61 Å². The lowest BCUT2D eigenvalue weighted by atomic mass is 9.98. The standard InChI is InChI=1S/C16H25N3O3S/c1-12-7-8-15(13(2)10-12)17-16(20)14-6-5-9-19(11-14)23(21,22)18(3)4/h7-8,10,14H,5-6,9,11H2,1-4H3,(H,17,20). The van der Waals surface area contributed by atoms with Gasteiger partial charge in [-0.1, -0.05) is 17.7 Å². The summed E-state index contributed by atoms with van der Waals surface area (Å²) in [7, 11) is -0.449. The summed E-state index contributed by atoms with van der Waals surface area (Å²) in [5.74, 6) is -0.435. The molecule has 1 N–H and O–H groups in total. The zero-order valence-corrected chi connectivity index (χ0v) is 15.0. The van der Waals surface area contributed by atoms with E-state index in [1.165, 1.54) is 22.7 Å². The minimum Gasteiger partial charge on any atom is -0.326 e. The van der Waals surface area contributed by atoms with Crippen LogP contribution >= 0.6 is 0 Å². The molecule has 1 unspecified atom stereocenters. The third-order valence-corrected chi connectivity index (χ3v) is 6.09. The topological polar surface area (TPSA) is 69.7 Å². The summed E-state index contributed by atoms with van der Waals surface area (Å²) in [6, 6.07) is 5.85. The first-order chi connectivity index (χ1) is 10.7. The molecule has 1 atom stereocenters. The number of nitrogens with zero attached hydrogens (tertiary/aromatic N) is 2. The lowest BCUT2D eigenvalue weighted by molar-refractivity contribution is -0.120. The molecule has 7 heteroatoms. The number of carbonyl (C=O) groups is 1. The minimum absolute atomic E-state index is 0.115. The summed E-state index contributed by atoms with van der Waals surface area (Å²) in [5.41, 5.74) is 2.93. The molecule has 0 bridgehead atoms. The maximum Gasteiger partial charge on any atom is 0.281 e. The molecule has 1 aromatic carbocycles. The van der Waals surface area contributed by atoms with E-state index in [0.717, 1.165) is 16.8 Å². The van der Waals surface area contributed by atoms with Crippen LogP contribution in [0.1, 0.15) is 24.0 Å². The molecule has 128 valence electrons. The lowest BCUT2D eigenvalue weighted by Crippen LogP contribution is -2.47. The van der Waals surface area contributed by atoms with Gasteiger partial charge < -0.3 is 5.32 Å². The molecule has 1 heterocycles. The van der Waals surface area contributed by atoms with E-state index < -0.39 is 10.2 Å². The van der Waals surface area contributed by atoms with Crippen molar-refractivity contribution in [3.63, 3.8) is 0 Å². The van der Waals surface area contributed by atoms with Gasteiger partial charge in [-0.05, 0) is 38.3 Å². The van der Waals surface area contributed by atoms with Crippen LogP contribution in [0.4, 0.5) is 5.69 Å². The second-order valence-corrected chi connectivity index (χ2v) is 8.44. The third-order valence-electron chi connectivity index (χ3n) is 4.18. The van der Waals surface area contributed by atoms with Gasteiger partial charge in [0.25, 0.3) is 10.2 Å². The fraction of sp³-hybridized carbons (Fsp3) is 0.562. The van der Waals surface area contributed by atoms with Crippen LogP contribution in [0.5, 0.6) is 0 Å². The fourth-order valence-corrected chi connectivity index (χ4v) is 3.98. The van der Waals surface area contributed by atoms with Gasteiger partial charge in [0.05, 0.1) is 5.92 Å². The van der Waals surface area contributed by atoms with Crippen molar-refractivity contribution in [2.75, 3.05) is 32.5 Å². The van der Waals surface area contributed by atoms with Crippen LogP contribution in [-0.2, 0) is 15.0 Å². The zero-order valence-electron chi connectivity index (χ0n) is 14.2. The van der Waals surface area contributed by atoms with Crippen molar-refractivity contribution >= 4 is 21.8 Å². The number of carbonyl (C=O) groups excluding carboxylic acids is 1. The Labute approximate surface area is 138 Å². The van der Waals surface area contributed by atoms with Crippen molar-refractivity contribution in [3.8, 4) is 0 Å². The molecule has 1 aliphatic heterocycles. The van der Waals surface area contributed by atoms with Crippen LogP contribution in [-0.4, -0.2) is 50.1 Å². The van der Waals surface area contributed by atoms with Gasteiger partial charge >= 0.3 is 0 Å². The molecular formula is C16H25N3O3S. The van der Waals surface area contributed by atoms with E-state index in [9.17, 15) is 13.2 Å². The largest absolute Gasteiger partial charge is 0.326 e. The molecule has 6 nitrogen and oxygen atoms in total. The Hall–Kier alpha value is -1.44. The Morgan fingerprint density at radius 2 is 2.00 bits per heavy atom. The Balaban J connectivity index is 2.08. The highest BCUT2D eigenvalue weighted by atomic mass is 32.2. The number of piperidine rings is 1. The molecule has 1 aliphatic rings. The van der Waals surface area contributed by atoms with Crippen molar-refractivity contribution in [1.29, 1.82) is 0 Å². The second kappa shape index (κ2) is 6.98. The van der Waals surface area contributed by atoms with Gasteiger partial charge in [-0.3, -0.25) is 4.79 Å². The Morgan fingerprint density at radius 1 is 1.30 bits per heavy atom. The summed E-state index contributed by atoms with van der Waals surface area (Å²) in [6.45, 7) is 4.65. The van der Waals surface area contributed by atoms with E-state index in [1.54, 1.807) is 0 Å². The fourth-order valence-electron chi connectivity index (χ4n) is 2.79. The van der Waals surface area contributed by atoms with E-state index >= 15 is 0 Å². The van der Waals surface area contributed by atoms with E-state index in [4.69, 9.17) is 0 Å².